The fourth-order valence-corrected chi connectivity index (χ4v) is 3.55. The molecule has 1 aliphatic rings. The summed E-state index contributed by atoms with van der Waals surface area (Å²) in [6.45, 7) is 2.54. The van der Waals surface area contributed by atoms with Crippen LogP contribution >= 0.6 is 27.3 Å². The van der Waals surface area contributed by atoms with Crippen LogP contribution in [0.1, 0.15) is 10.9 Å². The molecule has 0 amide bonds. The number of morpholine rings is 1. The van der Waals surface area contributed by atoms with E-state index in [1.165, 1.54) is 15.3 Å². The smallest absolute Gasteiger partial charge is 0.0670 e. The van der Waals surface area contributed by atoms with Gasteiger partial charge in [-0.05, 0) is 29.8 Å². The molecule has 0 spiro atoms. The topological polar surface area (TPSA) is 21.3 Å². The first-order valence-corrected chi connectivity index (χ1v) is 7.61. The van der Waals surface area contributed by atoms with Crippen molar-refractivity contribution in [2.24, 2.45) is 0 Å². The molecule has 3 rings (SSSR count). The molecule has 1 aromatic carbocycles. The molecule has 0 aliphatic carbocycles. The Morgan fingerprint density at radius 3 is 3.00 bits per heavy atom. The number of ether oxygens (including phenoxy) is 1. The van der Waals surface area contributed by atoms with E-state index in [9.17, 15) is 0 Å². The molecule has 1 atom stereocenters. The summed E-state index contributed by atoms with van der Waals surface area (Å²) in [5.74, 6) is 0. The first-order chi connectivity index (χ1) is 8.83. The van der Waals surface area contributed by atoms with Gasteiger partial charge in [-0.3, -0.25) is 0 Å². The maximum absolute atomic E-state index is 5.51. The van der Waals surface area contributed by atoms with E-state index < -0.39 is 0 Å². The lowest BCUT2D eigenvalue weighted by Crippen LogP contribution is -2.33. The standard InChI is InChI=1S/C14H14BrNOS/c15-11-3-1-2-10(8-11)13-4-5-14(18-13)12-9-17-7-6-16-12/h1-5,8,12,16H,6-7,9H2/t12-/m0/s1. The summed E-state index contributed by atoms with van der Waals surface area (Å²) < 4.78 is 6.63. The predicted molar refractivity (Wildman–Crippen MR) is 79.0 cm³/mol. The molecule has 2 heterocycles. The first-order valence-electron chi connectivity index (χ1n) is 6.00. The third kappa shape index (κ3) is 2.67. The minimum absolute atomic E-state index is 0.352. The molecular formula is C14H14BrNOS. The van der Waals surface area contributed by atoms with Crippen molar-refractivity contribution in [3.63, 3.8) is 0 Å². The molecule has 2 aromatic rings. The average Bonchev–Trinajstić information content (AvgIpc) is 2.89. The molecule has 0 bridgehead atoms. The van der Waals surface area contributed by atoms with Crippen LogP contribution in [0, 0.1) is 0 Å². The van der Waals surface area contributed by atoms with Gasteiger partial charge in [0.2, 0.25) is 0 Å². The van der Waals surface area contributed by atoms with Crippen LogP contribution in [0.2, 0.25) is 0 Å². The molecule has 1 aromatic heterocycles. The van der Waals surface area contributed by atoms with E-state index in [4.69, 9.17) is 4.74 Å². The van der Waals surface area contributed by atoms with E-state index in [1.54, 1.807) is 0 Å². The third-order valence-corrected chi connectivity index (χ3v) is 4.74. The second kappa shape index (κ2) is 5.53. The molecule has 0 radical (unpaired) electrons. The Morgan fingerprint density at radius 2 is 2.22 bits per heavy atom. The van der Waals surface area contributed by atoms with Crippen molar-refractivity contribution in [3.8, 4) is 10.4 Å². The second-order valence-electron chi connectivity index (χ2n) is 4.29. The maximum Gasteiger partial charge on any atom is 0.0670 e. The number of thiophene rings is 1. The van der Waals surface area contributed by atoms with Gasteiger partial charge in [0, 0.05) is 20.8 Å². The van der Waals surface area contributed by atoms with Crippen LogP contribution in [0.3, 0.4) is 0 Å². The summed E-state index contributed by atoms with van der Waals surface area (Å²) in [6.07, 6.45) is 0. The van der Waals surface area contributed by atoms with Crippen molar-refractivity contribution in [1.82, 2.24) is 5.32 Å². The van der Waals surface area contributed by atoms with E-state index in [-0.39, 0.29) is 0 Å². The molecule has 1 fully saturated rings. The van der Waals surface area contributed by atoms with Gasteiger partial charge < -0.3 is 10.1 Å². The van der Waals surface area contributed by atoms with Gasteiger partial charge in [-0.15, -0.1) is 11.3 Å². The van der Waals surface area contributed by atoms with Crippen molar-refractivity contribution in [3.05, 3.63) is 45.7 Å². The van der Waals surface area contributed by atoms with Gasteiger partial charge in [-0.1, -0.05) is 28.1 Å². The van der Waals surface area contributed by atoms with E-state index >= 15 is 0 Å². The minimum Gasteiger partial charge on any atom is -0.378 e. The first kappa shape index (κ1) is 12.4. The van der Waals surface area contributed by atoms with Crippen LogP contribution in [0.15, 0.2) is 40.9 Å². The fraction of sp³-hybridized carbons (Fsp3) is 0.286. The molecular weight excluding hydrogens is 310 g/mol. The van der Waals surface area contributed by atoms with Gasteiger partial charge in [-0.2, -0.15) is 0 Å². The highest BCUT2D eigenvalue weighted by Crippen LogP contribution is 2.33. The van der Waals surface area contributed by atoms with Crippen LogP contribution in [0.4, 0.5) is 0 Å². The number of nitrogens with one attached hydrogen (secondary N) is 1. The molecule has 1 saturated heterocycles. The van der Waals surface area contributed by atoms with Gasteiger partial charge in [0.25, 0.3) is 0 Å². The zero-order chi connectivity index (χ0) is 12.4. The molecule has 4 heteroatoms. The molecule has 2 nitrogen and oxygen atoms in total. The molecule has 1 aliphatic heterocycles. The average molecular weight is 324 g/mol. The van der Waals surface area contributed by atoms with Crippen molar-refractivity contribution in [1.29, 1.82) is 0 Å². The summed E-state index contributed by atoms with van der Waals surface area (Å²) in [7, 11) is 0. The SMILES string of the molecule is Brc1cccc(-c2ccc([C@@H]3COCCN3)s2)c1. The Morgan fingerprint density at radius 1 is 1.28 bits per heavy atom. The van der Waals surface area contributed by atoms with Crippen LogP contribution in [0.25, 0.3) is 10.4 Å². The number of benzene rings is 1. The lowest BCUT2D eigenvalue weighted by molar-refractivity contribution is 0.0779. The van der Waals surface area contributed by atoms with Crippen LogP contribution in [0.5, 0.6) is 0 Å². The Labute approximate surface area is 119 Å². The normalized spacial score (nSPS) is 19.9. The van der Waals surface area contributed by atoms with E-state index in [2.05, 4.69) is 57.6 Å². The highest BCUT2D eigenvalue weighted by Gasteiger charge is 2.17. The Kier molecular flexibility index (Phi) is 3.80. The summed E-state index contributed by atoms with van der Waals surface area (Å²) in [4.78, 5) is 2.66. The van der Waals surface area contributed by atoms with Gasteiger partial charge in [0.15, 0.2) is 0 Å². The Balaban J connectivity index is 1.84. The third-order valence-electron chi connectivity index (χ3n) is 3.00. The van der Waals surface area contributed by atoms with E-state index in [1.807, 2.05) is 11.3 Å². The van der Waals surface area contributed by atoms with Crippen molar-refractivity contribution < 1.29 is 4.74 Å². The minimum atomic E-state index is 0.352. The molecule has 0 unspecified atom stereocenters. The van der Waals surface area contributed by atoms with Crippen molar-refractivity contribution in [2.75, 3.05) is 19.8 Å². The van der Waals surface area contributed by atoms with Gasteiger partial charge >= 0.3 is 0 Å². The Hall–Kier alpha value is -0.680. The number of rotatable bonds is 2. The fourth-order valence-electron chi connectivity index (χ4n) is 2.09. The van der Waals surface area contributed by atoms with Gasteiger partial charge in [0.05, 0.1) is 19.3 Å². The van der Waals surface area contributed by atoms with Crippen molar-refractivity contribution in [2.45, 2.75) is 6.04 Å². The number of halogens is 1. The highest BCUT2D eigenvalue weighted by atomic mass is 79.9. The zero-order valence-electron chi connectivity index (χ0n) is 9.86. The lowest BCUT2D eigenvalue weighted by atomic mass is 10.2. The van der Waals surface area contributed by atoms with E-state index in [0.717, 1.165) is 24.2 Å². The van der Waals surface area contributed by atoms with Crippen LogP contribution in [-0.4, -0.2) is 19.8 Å². The predicted octanol–water partition coefficient (Wildman–Crippen LogP) is 3.84. The monoisotopic (exact) mass is 323 g/mol. The summed E-state index contributed by atoms with van der Waals surface area (Å²) in [6, 6.07) is 13.2. The summed E-state index contributed by atoms with van der Waals surface area (Å²) >= 11 is 5.35. The van der Waals surface area contributed by atoms with Crippen LogP contribution in [-0.2, 0) is 4.74 Å². The molecule has 18 heavy (non-hydrogen) atoms. The van der Waals surface area contributed by atoms with Gasteiger partial charge in [0.1, 0.15) is 0 Å². The summed E-state index contributed by atoms with van der Waals surface area (Å²) in [5, 5.41) is 3.49. The number of hydrogen-bond donors (Lipinski definition) is 1. The molecule has 94 valence electrons. The van der Waals surface area contributed by atoms with E-state index in [0.29, 0.717) is 6.04 Å². The lowest BCUT2D eigenvalue weighted by Gasteiger charge is -2.22. The van der Waals surface area contributed by atoms with Crippen LogP contribution < -0.4 is 5.32 Å². The highest BCUT2D eigenvalue weighted by molar-refractivity contribution is 9.10. The maximum atomic E-state index is 5.51. The summed E-state index contributed by atoms with van der Waals surface area (Å²) in [5.41, 5.74) is 1.26. The van der Waals surface area contributed by atoms with Crippen molar-refractivity contribution >= 4 is 27.3 Å². The second-order valence-corrected chi connectivity index (χ2v) is 6.33. The van der Waals surface area contributed by atoms with Gasteiger partial charge in [-0.25, -0.2) is 0 Å². The zero-order valence-corrected chi connectivity index (χ0v) is 12.3. The molecule has 0 saturated carbocycles. The largest absolute Gasteiger partial charge is 0.378 e. The molecule has 1 N–H and O–H groups in total. The Bertz CT molecular complexity index is 534. The number of hydrogen-bond acceptors (Lipinski definition) is 3. The quantitative estimate of drug-likeness (QED) is 0.906.